The Hall–Kier alpha value is -0.610. The zero-order valence-corrected chi connectivity index (χ0v) is 9.34. The molecule has 4 heteroatoms. The largest absolute Gasteiger partial charge is 0.393 e. The van der Waals surface area contributed by atoms with Gasteiger partial charge in [-0.05, 0) is 17.4 Å². The first kappa shape index (κ1) is 11.5. The van der Waals surface area contributed by atoms with E-state index in [1.54, 1.807) is 23.9 Å². The van der Waals surface area contributed by atoms with Crippen LogP contribution in [0.4, 0.5) is 4.39 Å². The van der Waals surface area contributed by atoms with Crippen LogP contribution >= 0.6 is 24.0 Å². The van der Waals surface area contributed by atoms with Crippen LogP contribution in [0.2, 0.25) is 0 Å². The van der Waals surface area contributed by atoms with Gasteiger partial charge in [0.15, 0.2) is 0 Å². The van der Waals surface area contributed by atoms with E-state index in [0.29, 0.717) is 17.2 Å². The van der Waals surface area contributed by atoms with Crippen LogP contribution in [0.3, 0.4) is 0 Å². The highest BCUT2D eigenvalue weighted by Crippen LogP contribution is 2.15. The van der Waals surface area contributed by atoms with Crippen molar-refractivity contribution in [1.82, 2.24) is 0 Å². The molecule has 0 aliphatic carbocycles. The average molecular weight is 229 g/mol. The van der Waals surface area contributed by atoms with Crippen molar-refractivity contribution in [2.24, 2.45) is 5.73 Å². The lowest BCUT2D eigenvalue weighted by Crippen LogP contribution is -2.08. The Bertz CT molecular complexity index is 315. The number of halogens is 1. The van der Waals surface area contributed by atoms with E-state index in [0.717, 1.165) is 11.3 Å². The molecule has 0 saturated carbocycles. The van der Waals surface area contributed by atoms with E-state index in [4.69, 9.17) is 18.0 Å². The predicted octanol–water partition coefficient (Wildman–Crippen LogP) is 2.74. The van der Waals surface area contributed by atoms with Crippen molar-refractivity contribution in [3.63, 3.8) is 0 Å². The molecule has 1 nitrogen and oxygen atoms in total. The number of benzene rings is 1. The molecule has 1 aromatic carbocycles. The van der Waals surface area contributed by atoms with Gasteiger partial charge in [-0.2, -0.15) is 11.8 Å². The average Bonchev–Trinajstić information content (AvgIpc) is 2.15. The van der Waals surface area contributed by atoms with E-state index in [9.17, 15) is 4.39 Å². The van der Waals surface area contributed by atoms with E-state index < -0.39 is 0 Å². The summed E-state index contributed by atoms with van der Waals surface area (Å²) in [6.07, 6.45) is 0.717. The molecule has 1 aromatic rings. The monoisotopic (exact) mass is 229 g/mol. The van der Waals surface area contributed by atoms with Gasteiger partial charge < -0.3 is 5.73 Å². The Morgan fingerprint density at radius 2 is 2.14 bits per heavy atom. The van der Waals surface area contributed by atoms with Crippen LogP contribution in [-0.4, -0.2) is 10.7 Å². The molecule has 0 radical (unpaired) electrons. The highest BCUT2D eigenvalue weighted by Gasteiger charge is 2.00. The molecule has 0 aromatic heterocycles. The van der Waals surface area contributed by atoms with Crippen LogP contribution in [-0.2, 0) is 5.75 Å². The third kappa shape index (κ3) is 4.07. The van der Waals surface area contributed by atoms with Crippen LogP contribution < -0.4 is 5.73 Å². The summed E-state index contributed by atoms with van der Waals surface area (Å²) in [6, 6.07) is 6.80. The maximum atomic E-state index is 13.1. The van der Waals surface area contributed by atoms with Crippen molar-refractivity contribution in [2.75, 3.05) is 5.75 Å². The van der Waals surface area contributed by atoms with Crippen molar-refractivity contribution in [3.8, 4) is 0 Å². The fraction of sp³-hybridized carbons (Fsp3) is 0.300. The van der Waals surface area contributed by atoms with Gasteiger partial charge in [-0.1, -0.05) is 30.4 Å². The molecule has 0 aliphatic rings. The number of rotatable bonds is 5. The Balaban J connectivity index is 2.31. The normalized spacial score (nSPS) is 10.1. The zero-order chi connectivity index (χ0) is 10.4. The summed E-state index contributed by atoms with van der Waals surface area (Å²) in [7, 11) is 0. The minimum absolute atomic E-state index is 0.143. The summed E-state index contributed by atoms with van der Waals surface area (Å²) in [5.41, 5.74) is 6.08. The topological polar surface area (TPSA) is 26.0 Å². The SMILES string of the molecule is NC(=S)CCSCc1ccccc1F. The van der Waals surface area contributed by atoms with Crippen molar-refractivity contribution in [1.29, 1.82) is 0 Å². The number of hydrogen-bond acceptors (Lipinski definition) is 2. The van der Waals surface area contributed by atoms with Gasteiger partial charge in [-0.25, -0.2) is 4.39 Å². The molecular formula is C10H12FNS2. The summed E-state index contributed by atoms with van der Waals surface area (Å²) in [5.74, 6) is 1.38. The Morgan fingerprint density at radius 1 is 1.43 bits per heavy atom. The second-order valence-corrected chi connectivity index (χ2v) is 4.49. The predicted molar refractivity (Wildman–Crippen MR) is 64.0 cm³/mol. The Morgan fingerprint density at radius 3 is 2.79 bits per heavy atom. The van der Waals surface area contributed by atoms with Crippen LogP contribution in [0.25, 0.3) is 0 Å². The highest BCUT2D eigenvalue weighted by atomic mass is 32.2. The van der Waals surface area contributed by atoms with Gasteiger partial charge in [0.2, 0.25) is 0 Å². The molecule has 0 aliphatic heterocycles. The fourth-order valence-corrected chi connectivity index (χ4v) is 2.16. The second-order valence-electron chi connectivity index (χ2n) is 2.86. The van der Waals surface area contributed by atoms with Crippen molar-refractivity contribution < 1.29 is 4.39 Å². The Kier molecular flexibility index (Phi) is 4.90. The van der Waals surface area contributed by atoms with Gasteiger partial charge in [-0.3, -0.25) is 0 Å². The molecule has 0 unspecified atom stereocenters. The van der Waals surface area contributed by atoms with E-state index >= 15 is 0 Å². The first-order valence-electron chi connectivity index (χ1n) is 4.29. The third-order valence-electron chi connectivity index (χ3n) is 1.71. The molecule has 0 fully saturated rings. The minimum Gasteiger partial charge on any atom is -0.393 e. The van der Waals surface area contributed by atoms with E-state index in [-0.39, 0.29) is 5.82 Å². The number of hydrogen-bond donors (Lipinski definition) is 1. The van der Waals surface area contributed by atoms with Gasteiger partial charge in [0.25, 0.3) is 0 Å². The second kappa shape index (κ2) is 5.98. The molecular weight excluding hydrogens is 217 g/mol. The summed E-state index contributed by atoms with van der Waals surface area (Å²) in [4.78, 5) is 0.519. The molecule has 0 heterocycles. The summed E-state index contributed by atoms with van der Waals surface area (Å²) in [5, 5.41) is 0. The lowest BCUT2D eigenvalue weighted by atomic mass is 10.2. The smallest absolute Gasteiger partial charge is 0.127 e. The van der Waals surface area contributed by atoms with Gasteiger partial charge in [0.05, 0.1) is 4.99 Å². The minimum atomic E-state index is -0.143. The summed E-state index contributed by atoms with van der Waals surface area (Å²) < 4.78 is 13.1. The summed E-state index contributed by atoms with van der Waals surface area (Å²) >= 11 is 6.38. The van der Waals surface area contributed by atoms with Gasteiger partial charge in [0.1, 0.15) is 5.82 Å². The molecule has 0 spiro atoms. The van der Waals surface area contributed by atoms with Crippen molar-refractivity contribution in [2.45, 2.75) is 12.2 Å². The van der Waals surface area contributed by atoms with Gasteiger partial charge in [0, 0.05) is 12.2 Å². The zero-order valence-electron chi connectivity index (χ0n) is 7.70. The molecule has 0 atom stereocenters. The molecule has 0 amide bonds. The lowest BCUT2D eigenvalue weighted by molar-refractivity contribution is 0.617. The molecule has 14 heavy (non-hydrogen) atoms. The van der Waals surface area contributed by atoms with E-state index in [1.165, 1.54) is 6.07 Å². The number of thiocarbonyl (C=S) groups is 1. The van der Waals surface area contributed by atoms with E-state index in [1.807, 2.05) is 6.07 Å². The molecule has 0 bridgehead atoms. The van der Waals surface area contributed by atoms with Gasteiger partial charge in [-0.15, -0.1) is 0 Å². The molecule has 2 N–H and O–H groups in total. The number of thioether (sulfide) groups is 1. The lowest BCUT2D eigenvalue weighted by Gasteiger charge is -2.02. The number of nitrogens with two attached hydrogens (primary N) is 1. The van der Waals surface area contributed by atoms with Crippen LogP contribution in [0, 0.1) is 5.82 Å². The summed E-state index contributed by atoms with van der Waals surface area (Å²) in [6.45, 7) is 0. The highest BCUT2D eigenvalue weighted by molar-refractivity contribution is 7.98. The van der Waals surface area contributed by atoms with Crippen molar-refractivity contribution >= 4 is 29.0 Å². The van der Waals surface area contributed by atoms with Crippen LogP contribution in [0.5, 0.6) is 0 Å². The van der Waals surface area contributed by atoms with Crippen LogP contribution in [0.1, 0.15) is 12.0 Å². The molecule has 76 valence electrons. The quantitative estimate of drug-likeness (QED) is 0.621. The standard InChI is InChI=1S/C10H12FNS2/c11-9-4-2-1-3-8(9)7-14-6-5-10(12)13/h1-4H,5-7H2,(H2,12,13). The van der Waals surface area contributed by atoms with Crippen molar-refractivity contribution in [3.05, 3.63) is 35.6 Å². The molecule has 0 saturated heterocycles. The fourth-order valence-electron chi connectivity index (χ4n) is 0.970. The maximum absolute atomic E-state index is 13.1. The maximum Gasteiger partial charge on any atom is 0.127 e. The van der Waals surface area contributed by atoms with Crippen LogP contribution in [0.15, 0.2) is 24.3 Å². The first-order chi connectivity index (χ1) is 6.70. The van der Waals surface area contributed by atoms with Gasteiger partial charge >= 0.3 is 0 Å². The first-order valence-corrected chi connectivity index (χ1v) is 5.86. The Labute approximate surface area is 92.9 Å². The molecule has 1 rings (SSSR count). The van der Waals surface area contributed by atoms with E-state index in [2.05, 4.69) is 0 Å². The third-order valence-corrected chi connectivity index (χ3v) is 2.92.